The normalized spacial score (nSPS) is 11.4. The van der Waals surface area contributed by atoms with Crippen molar-refractivity contribution in [2.45, 2.75) is 11.7 Å². The number of carboxylic acids is 1. The summed E-state index contributed by atoms with van der Waals surface area (Å²) >= 11 is 4.43. The van der Waals surface area contributed by atoms with Gasteiger partial charge in [0.2, 0.25) is 0 Å². The van der Waals surface area contributed by atoms with Gasteiger partial charge in [0.05, 0.1) is 9.26 Å². The number of hydrogen-bond acceptors (Lipinski definition) is 3. The molecule has 1 aromatic rings. The van der Waals surface area contributed by atoms with E-state index in [0.29, 0.717) is 0 Å². The summed E-state index contributed by atoms with van der Waals surface area (Å²) in [6.07, 6.45) is -4.87. The Labute approximate surface area is 115 Å². The van der Waals surface area contributed by atoms with E-state index >= 15 is 0 Å². The molecule has 1 heterocycles. The Morgan fingerprint density at radius 1 is 1.59 bits per heavy atom. The maximum atomic E-state index is 12.1. The molecule has 0 saturated heterocycles. The van der Waals surface area contributed by atoms with Gasteiger partial charge in [0, 0.05) is 11.4 Å². The molecule has 1 N–H and O–H groups in total. The van der Waals surface area contributed by atoms with Crippen LogP contribution in [0.15, 0.2) is 6.07 Å². The van der Waals surface area contributed by atoms with Gasteiger partial charge in [-0.05, 0) is 22.6 Å². The van der Waals surface area contributed by atoms with Gasteiger partial charge in [-0.25, -0.2) is 9.78 Å². The van der Waals surface area contributed by atoms with Crippen LogP contribution in [0.2, 0.25) is 0 Å². The monoisotopic (exact) mass is 425 g/mol. The number of aromatic nitrogens is 1. The average molecular weight is 426 g/mol. The average Bonchev–Trinajstić information content (AvgIpc) is 2.18. The molecular weight excluding hydrogens is 422 g/mol. The Kier molecular flexibility index (Phi) is 4.58. The molecule has 9 heteroatoms. The van der Waals surface area contributed by atoms with Crippen molar-refractivity contribution in [3.63, 3.8) is 0 Å². The van der Waals surface area contributed by atoms with Gasteiger partial charge in [0.1, 0.15) is 5.75 Å². The van der Waals surface area contributed by atoms with Crippen molar-refractivity contribution in [1.29, 1.82) is 0 Å². The number of hydrogen-bond donors (Lipinski definition) is 1. The van der Waals surface area contributed by atoms with E-state index in [1.807, 2.05) is 0 Å². The number of alkyl halides is 4. The molecule has 0 amide bonds. The number of halogens is 5. The molecule has 0 saturated carbocycles. The van der Waals surface area contributed by atoms with Crippen LogP contribution in [0.4, 0.5) is 13.2 Å². The minimum absolute atomic E-state index is 0.123. The zero-order chi connectivity index (χ0) is 13.2. The fourth-order valence-corrected chi connectivity index (χ4v) is 1.87. The van der Waals surface area contributed by atoms with E-state index in [-0.39, 0.29) is 14.6 Å². The summed E-state index contributed by atoms with van der Waals surface area (Å²) < 4.78 is 39.8. The lowest BCUT2D eigenvalue weighted by atomic mass is 10.3. The predicted molar refractivity (Wildman–Crippen MR) is 63.2 cm³/mol. The lowest BCUT2D eigenvalue weighted by Gasteiger charge is -2.12. The molecule has 0 aliphatic heterocycles. The van der Waals surface area contributed by atoms with Crippen molar-refractivity contribution in [2.75, 3.05) is 0 Å². The van der Waals surface area contributed by atoms with Crippen LogP contribution in [0.5, 0.6) is 5.75 Å². The molecule has 0 fully saturated rings. The summed E-state index contributed by atoms with van der Waals surface area (Å²) in [5.41, 5.74) is -0.330. The van der Waals surface area contributed by atoms with Gasteiger partial charge in [-0.3, -0.25) is 0 Å². The second-order valence-electron chi connectivity index (χ2n) is 2.76. The van der Waals surface area contributed by atoms with Gasteiger partial charge in [-0.1, -0.05) is 15.9 Å². The van der Waals surface area contributed by atoms with E-state index in [0.717, 1.165) is 6.07 Å². The molecule has 1 aromatic heterocycles. The number of ether oxygens (including phenoxy) is 1. The summed E-state index contributed by atoms with van der Waals surface area (Å²) in [6.45, 7) is 0. The van der Waals surface area contributed by atoms with E-state index in [1.165, 1.54) is 22.6 Å². The molecule has 0 aliphatic rings. The fraction of sp³-hybridized carbons (Fsp3) is 0.250. The van der Waals surface area contributed by atoms with Crippen LogP contribution in [0, 0.1) is 3.57 Å². The Morgan fingerprint density at radius 2 is 2.18 bits per heavy atom. The Balaban J connectivity index is 3.29. The molecule has 0 spiro atoms. The summed E-state index contributed by atoms with van der Waals surface area (Å²) in [4.78, 5) is 14.5. The van der Waals surface area contributed by atoms with Crippen molar-refractivity contribution in [1.82, 2.24) is 4.98 Å². The smallest absolute Gasteiger partial charge is 0.476 e. The molecule has 0 unspecified atom stereocenters. The van der Waals surface area contributed by atoms with Crippen LogP contribution in [-0.2, 0) is 5.33 Å². The van der Waals surface area contributed by atoms with Crippen molar-refractivity contribution >= 4 is 44.5 Å². The molecule has 0 radical (unpaired) electrons. The van der Waals surface area contributed by atoms with Gasteiger partial charge in [0.15, 0.2) is 5.69 Å². The number of nitrogens with zero attached hydrogens (tertiary/aromatic N) is 1. The molecule has 0 bridgehead atoms. The van der Waals surface area contributed by atoms with E-state index in [2.05, 4.69) is 25.7 Å². The molecule has 17 heavy (non-hydrogen) atoms. The van der Waals surface area contributed by atoms with Crippen LogP contribution in [0.25, 0.3) is 0 Å². The molecule has 4 nitrogen and oxygen atoms in total. The number of aromatic carboxylic acids is 1. The highest BCUT2D eigenvalue weighted by atomic mass is 127. The first-order valence-corrected chi connectivity index (χ1v) is 6.19. The number of carboxylic acid groups (broad SMARTS) is 1. The SMILES string of the molecule is O=C(O)c1nc(CBr)cc(OC(F)(F)F)c1I. The third-order valence-electron chi connectivity index (χ3n) is 1.54. The molecular formula is C8H4BrF3INO3. The summed E-state index contributed by atoms with van der Waals surface area (Å²) in [5.74, 6) is -1.98. The van der Waals surface area contributed by atoms with Crippen LogP contribution < -0.4 is 4.74 Å². The highest BCUT2D eigenvalue weighted by Gasteiger charge is 2.33. The molecule has 0 aromatic carbocycles. The van der Waals surface area contributed by atoms with Crippen LogP contribution in [0.3, 0.4) is 0 Å². The first-order valence-electron chi connectivity index (χ1n) is 3.99. The Bertz CT molecular complexity index is 452. The van der Waals surface area contributed by atoms with Gasteiger partial charge < -0.3 is 9.84 Å². The maximum Gasteiger partial charge on any atom is 0.573 e. The lowest BCUT2D eigenvalue weighted by Crippen LogP contribution is -2.19. The first-order chi connectivity index (χ1) is 7.74. The largest absolute Gasteiger partial charge is 0.573 e. The zero-order valence-electron chi connectivity index (χ0n) is 7.89. The Morgan fingerprint density at radius 3 is 2.59 bits per heavy atom. The Hall–Kier alpha value is -0.580. The van der Waals surface area contributed by atoms with Crippen LogP contribution in [0.1, 0.15) is 16.2 Å². The van der Waals surface area contributed by atoms with Crippen LogP contribution >= 0.6 is 38.5 Å². The van der Waals surface area contributed by atoms with Crippen LogP contribution in [-0.4, -0.2) is 22.4 Å². The molecule has 0 atom stereocenters. The van der Waals surface area contributed by atoms with Crippen molar-refractivity contribution in [3.8, 4) is 5.75 Å². The number of carbonyl (C=O) groups is 1. The topological polar surface area (TPSA) is 59.4 Å². The van der Waals surface area contributed by atoms with Gasteiger partial charge in [0.25, 0.3) is 0 Å². The highest BCUT2D eigenvalue weighted by molar-refractivity contribution is 14.1. The predicted octanol–water partition coefficient (Wildman–Crippen LogP) is 3.18. The van der Waals surface area contributed by atoms with E-state index in [9.17, 15) is 18.0 Å². The zero-order valence-corrected chi connectivity index (χ0v) is 11.6. The molecule has 94 valence electrons. The third kappa shape index (κ3) is 3.98. The van der Waals surface area contributed by atoms with Gasteiger partial charge >= 0.3 is 12.3 Å². The fourth-order valence-electron chi connectivity index (χ4n) is 0.965. The summed E-state index contributed by atoms with van der Waals surface area (Å²) in [7, 11) is 0. The van der Waals surface area contributed by atoms with E-state index in [4.69, 9.17) is 5.11 Å². The highest BCUT2D eigenvalue weighted by Crippen LogP contribution is 2.30. The number of rotatable bonds is 3. The van der Waals surface area contributed by atoms with E-state index in [1.54, 1.807) is 0 Å². The van der Waals surface area contributed by atoms with Crippen molar-refractivity contribution in [3.05, 3.63) is 21.0 Å². The maximum absolute atomic E-state index is 12.1. The number of pyridine rings is 1. The van der Waals surface area contributed by atoms with Crippen molar-refractivity contribution in [2.24, 2.45) is 0 Å². The quantitative estimate of drug-likeness (QED) is 0.597. The molecule has 0 aliphatic carbocycles. The van der Waals surface area contributed by atoms with Gasteiger partial charge in [-0.15, -0.1) is 13.2 Å². The van der Waals surface area contributed by atoms with Crippen molar-refractivity contribution < 1.29 is 27.8 Å². The standard InChI is InChI=1S/C8H4BrF3INO3/c9-2-3-1-4(17-8(10,11)12)5(13)6(14-3)7(15)16/h1H,2H2,(H,15,16). The minimum atomic E-state index is -4.87. The first kappa shape index (κ1) is 14.5. The second kappa shape index (κ2) is 5.38. The van der Waals surface area contributed by atoms with Gasteiger partial charge in [-0.2, -0.15) is 0 Å². The second-order valence-corrected chi connectivity index (χ2v) is 4.40. The summed E-state index contributed by atoms with van der Waals surface area (Å²) in [5, 5.41) is 8.91. The summed E-state index contributed by atoms with van der Waals surface area (Å²) in [6, 6.07) is 1.04. The minimum Gasteiger partial charge on any atom is -0.476 e. The molecule has 1 rings (SSSR count). The third-order valence-corrected chi connectivity index (χ3v) is 3.16. The van der Waals surface area contributed by atoms with E-state index < -0.39 is 23.8 Å². The lowest BCUT2D eigenvalue weighted by molar-refractivity contribution is -0.275.